The highest BCUT2D eigenvalue weighted by Crippen LogP contribution is 2.25. The van der Waals surface area contributed by atoms with Gasteiger partial charge in [-0.05, 0) is 56.5 Å². The topological polar surface area (TPSA) is 58.2 Å². The van der Waals surface area contributed by atoms with E-state index < -0.39 is 10.0 Å². The standard InChI is InChI=1S/C13H19ClN2O2S/c1-10-2-3-12(14)13(8-10)16-19(17,18)9-11-4-6-15-7-5-11/h2-3,8,11,15-16H,4-7,9H2,1H3. The average molecular weight is 303 g/mol. The maximum absolute atomic E-state index is 12.1. The Morgan fingerprint density at radius 2 is 2.05 bits per heavy atom. The summed E-state index contributed by atoms with van der Waals surface area (Å²) in [6.07, 6.45) is 1.81. The number of benzene rings is 1. The van der Waals surface area contributed by atoms with Crippen LogP contribution in [-0.4, -0.2) is 27.3 Å². The molecular formula is C13H19ClN2O2S. The van der Waals surface area contributed by atoms with Gasteiger partial charge in [0.2, 0.25) is 10.0 Å². The zero-order valence-electron chi connectivity index (χ0n) is 10.9. The first-order valence-corrected chi connectivity index (χ1v) is 8.47. The van der Waals surface area contributed by atoms with Gasteiger partial charge in [-0.3, -0.25) is 4.72 Å². The summed E-state index contributed by atoms with van der Waals surface area (Å²) in [5.74, 6) is 0.390. The molecule has 1 aliphatic rings. The van der Waals surface area contributed by atoms with Crippen LogP contribution in [0.5, 0.6) is 0 Å². The third-order valence-corrected chi connectivity index (χ3v) is 5.07. The molecule has 106 valence electrons. The minimum atomic E-state index is -3.34. The number of nitrogens with one attached hydrogen (secondary N) is 2. The summed E-state index contributed by atoms with van der Waals surface area (Å²) in [6, 6.07) is 5.31. The summed E-state index contributed by atoms with van der Waals surface area (Å²) in [5.41, 5.74) is 1.44. The molecule has 1 aromatic carbocycles. The highest BCUT2D eigenvalue weighted by Gasteiger charge is 2.21. The SMILES string of the molecule is Cc1ccc(Cl)c(NS(=O)(=O)CC2CCNCC2)c1. The van der Waals surface area contributed by atoms with Crippen molar-refractivity contribution in [3.8, 4) is 0 Å². The fourth-order valence-corrected chi connectivity index (χ4v) is 4.05. The second kappa shape index (κ2) is 6.11. The van der Waals surface area contributed by atoms with E-state index in [-0.39, 0.29) is 11.7 Å². The second-order valence-corrected chi connectivity index (χ2v) is 7.23. The summed E-state index contributed by atoms with van der Waals surface area (Å²) in [6.45, 7) is 3.69. The molecule has 1 saturated heterocycles. The summed E-state index contributed by atoms with van der Waals surface area (Å²) >= 11 is 6.01. The molecule has 0 radical (unpaired) electrons. The van der Waals surface area contributed by atoms with Crippen molar-refractivity contribution in [2.24, 2.45) is 5.92 Å². The Morgan fingerprint density at radius 1 is 1.37 bits per heavy atom. The van der Waals surface area contributed by atoms with Crippen LogP contribution in [0, 0.1) is 12.8 Å². The van der Waals surface area contributed by atoms with Crippen LogP contribution in [0.15, 0.2) is 18.2 Å². The number of rotatable bonds is 4. The maximum Gasteiger partial charge on any atom is 0.233 e. The van der Waals surface area contributed by atoms with Gasteiger partial charge in [0.15, 0.2) is 0 Å². The predicted octanol–water partition coefficient (Wildman–Crippen LogP) is 2.39. The van der Waals surface area contributed by atoms with Crippen molar-refractivity contribution in [3.05, 3.63) is 28.8 Å². The Labute approximate surface area is 119 Å². The van der Waals surface area contributed by atoms with Crippen molar-refractivity contribution in [1.29, 1.82) is 0 Å². The van der Waals surface area contributed by atoms with Gasteiger partial charge in [0.25, 0.3) is 0 Å². The van der Waals surface area contributed by atoms with Crippen molar-refractivity contribution < 1.29 is 8.42 Å². The van der Waals surface area contributed by atoms with Crippen LogP contribution in [0.3, 0.4) is 0 Å². The first-order chi connectivity index (χ1) is 8.96. The van der Waals surface area contributed by atoms with E-state index in [0.29, 0.717) is 10.7 Å². The van der Waals surface area contributed by atoms with Crippen LogP contribution in [0.1, 0.15) is 18.4 Å². The molecule has 19 heavy (non-hydrogen) atoms. The van der Waals surface area contributed by atoms with Crippen LogP contribution in [0.4, 0.5) is 5.69 Å². The lowest BCUT2D eigenvalue weighted by Gasteiger charge is -2.22. The first kappa shape index (κ1) is 14.6. The number of piperidine rings is 1. The molecule has 0 atom stereocenters. The molecule has 1 fully saturated rings. The quantitative estimate of drug-likeness (QED) is 0.898. The molecule has 0 spiro atoms. The highest BCUT2D eigenvalue weighted by molar-refractivity contribution is 7.92. The molecule has 1 heterocycles. The zero-order chi connectivity index (χ0) is 13.9. The van der Waals surface area contributed by atoms with E-state index in [4.69, 9.17) is 11.6 Å². The Bertz CT molecular complexity index is 540. The summed E-state index contributed by atoms with van der Waals surface area (Å²) in [5, 5.41) is 3.66. The van der Waals surface area contributed by atoms with Gasteiger partial charge in [0, 0.05) is 0 Å². The normalized spacial score (nSPS) is 17.4. The van der Waals surface area contributed by atoms with E-state index in [2.05, 4.69) is 10.0 Å². The van der Waals surface area contributed by atoms with Gasteiger partial charge in [-0.1, -0.05) is 17.7 Å². The molecule has 0 saturated carbocycles. The molecule has 4 nitrogen and oxygen atoms in total. The molecule has 0 amide bonds. The van der Waals surface area contributed by atoms with E-state index in [1.54, 1.807) is 12.1 Å². The Kier molecular flexibility index (Phi) is 4.71. The van der Waals surface area contributed by atoms with Crippen LogP contribution in [0.2, 0.25) is 5.02 Å². The molecular weight excluding hydrogens is 284 g/mol. The summed E-state index contributed by atoms with van der Waals surface area (Å²) in [4.78, 5) is 0. The number of sulfonamides is 1. The van der Waals surface area contributed by atoms with Crippen molar-refractivity contribution in [2.45, 2.75) is 19.8 Å². The lowest BCUT2D eigenvalue weighted by atomic mass is 10.0. The van der Waals surface area contributed by atoms with Crippen LogP contribution in [0.25, 0.3) is 0 Å². The van der Waals surface area contributed by atoms with E-state index in [1.807, 2.05) is 13.0 Å². The first-order valence-electron chi connectivity index (χ1n) is 6.44. The van der Waals surface area contributed by atoms with Crippen molar-refractivity contribution in [2.75, 3.05) is 23.6 Å². The predicted molar refractivity (Wildman–Crippen MR) is 79.2 cm³/mol. The Hall–Kier alpha value is -0.780. The molecule has 2 N–H and O–H groups in total. The lowest BCUT2D eigenvalue weighted by molar-refractivity contribution is 0.402. The average Bonchev–Trinajstić information content (AvgIpc) is 2.34. The molecule has 0 bridgehead atoms. The lowest BCUT2D eigenvalue weighted by Crippen LogP contribution is -2.33. The Balaban J connectivity index is 2.05. The molecule has 0 aliphatic carbocycles. The second-order valence-electron chi connectivity index (χ2n) is 5.06. The molecule has 0 aromatic heterocycles. The number of aryl methyl sites for hydroxylation is 1. The molecule has 1 aliphatic heterocycles. The fraction of sp³-hybridized carbons (Fsp3) is 0.538. The maximum atomic E-state index is 12.1. The number of halogens is 1. The van der Waals surface area contributed by atoms with E-state index >= 15 is 0 Å². The molecule has 2 rings (SSSR count). The monoisotopic (exact) mass is 302 g/mol. The minimum absolute atomic E-state index is 0.166. The van der Waals surface area contributed by atoms with Crippen LogP contribution >= 0.6 is 11.6 Å². The zero-order valence-corrected chi connectivity index (χ0v) is 12.5. The molecule has 6 heteroatoms. The summed E-state index contributed by atoms with van der Waals surface area (Å²) < 4.78 is 26.9. The van der Waals surface area contributed by atoms with Gasteiger partial charge in [-0.25, -0.2) is 8.42 Å². The highest BCUT2D eigenvalue weighted by atomic mass is 35.5. The van der Waals surface area contributed by atoms with Gasteiger partial charge in [0.05, 0.1) is 16.5 Å². The van der Waals surface area contributed by atoms with Gasteiger partial charge in [0.1, 0.15) is 0 Å². The third-order valence-electron chi connectivity index (χ3n) is 3.30. The van der Waals surface area contributed by atoms with Gasteiger partial charge in [-0.2, -0.15) is 0 Å². The van der Waals surface area contributed by atoms with E-state index in [9.17, 15) is 8.42 Å². The van der Waals surface area contributed by atoms with Crippen LogP contribution < -0.4 is 10.0 Å². The summed E-state index contributed by atoms with van der Waals surface area (Å²) in [7, 11) is -3.34. The fourth-order valence-electron chi connectivity index (χ4n) is 2.29. The van der Waals surface area contributed by atoms with Crippen molar-refractivity contribution in [1.82, 2.24) is 5.32 Å². The van der Waals surface area contributed by atoms with Crippen molar-refractivity contribution >= 4 is 27.3 Å². The largest absolute Gasteiger partial charge is 0.317 e. The third kappa shape index (κ3) is 4.37. The molecule has 1 aromatic rings. The van der Waals surface area contributed by atoms with E-state index in [1.165, 1.54) is 0 Å². The van der Waals surface area contributed by atoms with Gasteiger partial charge in [-0.15, -0.1) is 0 Å². The number of hydrogen-bond donors (Lipinski definition) is 2. The smallest absolute Gasteiger partial charge is 0.233 e. The van der Waals surface area contributed by atoms with Gasteiger partial charge < -0.3 is 5.32 Å². The van der Waals surface area contributed by atoms with Gasteiger partial charge >= 0.3 is 0 Å². The minimum Gasteiger partial charge on any atom is -0.317 e. The van der Waals surface area contributed by atoms with Crippen molar-refractivity contribution in [3.63, 3.8) is 0 Å². The van der Waals surface area contributed by atoms with Crippen LogP contribution in [-0.2, 0) is 10.0 Å². The van der Waals surface area contributed by atoms with E-state index in [0.717, 1.165) is 31.5 Å². The Morgan fingerprint density at radius 3 is 2.74 bits per heavy atom. The number of anilines is 1. The molecule has 0 unspecified atom stereocenters. The number of hydrogen-bond acceptors (Lipinski definition) is 3.